The van der Waals surface area contributed by atoms with Gasteiger partial charge in [-0.25, -0.2) is 0 Å². The van der Waals surface area contributed by atoms with Crippen LogP contribution in [-0.2, 0) is 11.2 Å². The number of nitrogens with two attached hydrogens (primary N) is 1. The Kier molecular flexibility index (Phi) is 3.79. The summed E-state index contributed by atoms with van der Waals surface area (Å²) < 4.78 is 0. The Hall–Kier alpha value is -1.35. The van der Waals surface area contributed by atoms with E-state index in [1.54, 1.807) is 0 Å². The van der Waals surface area contributed by atoms with E-state index < -0.39 is 0 Å². The first-order valence-corrected chi connectivity index (χ1v) is 6.25. The molecule has 3 atom stereocenters. The van der Waals surface area contributed by atoms with Crippen molar-refractivity contribution in [3.63, 3.8) is 0 Å². The molecule has 0 radical (unpaired) electrons. The van der Waals surface area contributed by atoms with Crippen LogP contribution in [0, 0.1) is 11.8 Å². The van der Waals surface area contributed by atoms with Gasteiger partial charge in [-0.2, -0.15) is 0 Å². The van der Waals surface area contributed by atoms with Crippen LogP contribution < -0.4 is 11.1 Å². The molecule has 92 valence electrons. The second-order valence-corrected chi connectivity index (χ2v) is 4.95. The first-order chi connectivity index (χ1) is 8.20. The summed E-state index contributed by atoms with van der Waals surface area (Å²) in [7, 11) is 0. The van der Waals surface area contributed by atoms with E-state index in [4.69, 9.17) is 5.73 Å². The molecule has 0 aromatic heterocycles. The van der Waals surface area contributed by atoms with E-state index in [1.165, 1.54) is 5.56 Å². The number of hydrogen-bond acceptors (Lipinski definition) is 2. The topological polar surface area (TPSA) is 55.1 Å². The summed E-state index contributed by atoms with van der Waals surface area (Å²) in [5.41, 5.74) is 6.86. The Labute approximate surface area is 102 Å². The lowest BCUT2D eigenvalue weighted by Gasteiger charge is -2.14. The normalized spacial score (nSPS) is 24.1. The average molecular weight is 232 g/mol. The number of benzene rings is 1. The predicted molar refractivity (Wildman–Crippen MR) is 68.4 cm³/mol. The second-order valence-electron chi connectivity index (χ2n) is 4.95. The first kappa shape index (κ1) is 12.1. The van der Waals surface area contributed by atoms with Gasteiger partial charge < -0.3 is 11.1 Å². The SMILES string of the molecule is CC1CC1NC(=O)C(CN)Cc1ccccc1. The van der Waals surface area contributed by atoms with Gasteiger partial charge >= 0.3 is 0 Å². The van der Waals surface area contributed by atoms with Crippen LogP contribution in [0.5, 0.6) is 0 Å². The highest BCUT2D eigenvalue weighted by Crippen LogP contribution is 2.29. The molecule has 1 aliphatic carbocycles. The number of hydrogen-bond donors (Lipinski definition) is 2. The lowest BCUT2D eigenvalue weighted by molar-refractivity contribution is -0.124. The molecule has 1 aliphatic rings. The Bertz CT molecular complexity index is 377. The molecule has 3 unspecified atom stereocenters. The fourth-order valence-electron chi connectivity index (χ4n) is 2.01. The van der Waals surface area contributed by atoms with Crippen LogP contribution in [0.15, 0.2) is 30.3 Å². The summed E-state index contributed by atoms with van der Waals surface area (Å²) in [5.74, 6) is 0.630. The van der Waals surface area contributed by atoms with E-state index in [0.717, 1.165) is 12.8 Å². The summed E-state index contributed by atoms with van der Waals surface area (Å²) >= 11 is 0. The zero-order valence-corrected chi connectivity index (χ0v) is 10.2. The third kappa shape index (κ3) is 3.30. The molecule has 0 aliphatic heterocycles. The van der Waals surface area contributed by atoms with Gasteiger partial charge in [0.25, 0.3) is 0 Å². The molecule has 17 heavy (non-hydrogen) atoms. The highest BCUT2D eigenvalue weighted by atomic mass is 16.2. The van der Waals surface area contributed by atoms with Gasteiger partial charge in [0, 0.05) is 12.6 Å². The highest BCUT2D eigenvalue weighted by Gasteiger charge is 2.35. The molecule has 0 spiro atoms. The van der Waals surface area contributed by atoms with E-state index in [-0.39, 0.29) is 11.8 Å². The largest absolute Gasteiger partial charge is 0.353 e. The number of carbonyl (C=O) groups is 1. The zero-order chi connectivity index (χ0) is 12.3. The van der Waals surface area contributed by atoms with Gasteiger partial charge in [-0.15, -0.1) is 0 Å². The summed E-state index contributed by atoms with van der Waals surface area (Å²) in [4.78, 5) is 12.0. The standard InChI is InChI=1S/C14H20N2O/c1-10-7-13(10)16-14(17)12(9-15)8-11-5-3-2-4-6-11/h2-6,10,12-13H,7-9,15H2,1H3,(H,16,17). The van der Waals surface area contributed by atoms with Crippen molar-refractivity contribution >= 4 is 5.91 Å². The van der Waals surface area contributed by atoms with Crippen molar-refractivity contribution in [3.8, 4) is 0 Å². The number of carbonyl (C=O) groups excluding carboxylic acids is 1. The van der Waals surface area contributed by atoms with Crippen molar-refractivity contribution in [2.75, 3.05) is 6.54 Å². The van der Waals surface area contributed by atoms with Crippen molar-refractivity contribution in [3.05, 3.63) is 35.9 Å². The third-order valence-electron chi connectivity index (χ3n) is 3.42. The van der Waals surface area contributed by atoms with Gasteiger partial charge in [-0.05, 0) is 24.3 Å². The first-order valence-electron chi connectivity index (χ1n) is 6.25. The average Bonchev–Trinajstić information content (AvgIpc) is 3.03. The molecular weight excluding hydrogens is 212 g/mol. The molecule has 3 heteroatoms. The van der Waals surface area contributed by atoms with Crippen LogP contribution >= 0.6 is 0 Å². The summed E-state index contributed by atoms with van der Waals surface area (Å²) in [6.45, 7) is 2.56. The van der Waals surface area contributed by atoms with E-state index in [2.05, 4.69) is 12.2 Å². The van der Waals surface area contributed by atoms with Crippen molar-refractivity contribution in [2.24, 2.45) is 17.6 Å². The van der Waals surface area contributed by atoms with Crippen molar-refractivity contribution in [1.82, 2.24) is 5.32 Å². The smallest absolute Gasteiger partial charge is 0.224 e. The maximum Gasteiger partial charge on any atom is 0.224 e. The minimum Gasteiger partial charge on any atom is -0.353 e. The molecule has 1 aromatic rings. The fourth-order valence-corrected chi connectivity index (χ4v) is 2.01. The van der Waals surface area contributed by atoms with Crippen LogP contribution in [0.2, 0.25) is 0 Å². The van der Waals surface area contributed by atoms with Crippen LogP contribution in [-0.4, -0.2) is 18.5 Å². The second kappa shape index (κ2) is 5.32. The molecule has 1 aromatic carbocycles. The maximum absolute atomic E-state index is 12.0. The van der Waals surface area contributed by atoms with Gasteiger partial charge in [-0.1, -0.05) is 37.3 Å². The van der Waals surface area contributed by atoms with Gasteiger partial charge in [0.05, 0.1) is 5.92 Å². The Morgan fingerprint density at radius 2 is 2.12 bits per heavy atom. The van der Waals surface area contributed by atoms with Crippen LogP contribution in [0.1, 0.15) is 18.9 Å². The summed E-state index contributed by atoms with van der Waals surface area (Å²) in [6.07, 6.45) is 1.83. The van der Waals surface area contributed by atoms with Crippen molar-refractivity contribution < 1.29 is 4.79 Å². The lowest BCUT2D eigenvalue weighted by Crippen LogP contribution is -2.37. The van der Waals surface area contributed by atoms with Crippen LogP contribution in [0.3, 0.4) is 0 Å². The monoisotopic (exact) mass is 232 g/mol. The van der Waals surface area contributed by atoms with E-state index in [1.807, 2.05) is 30.3 Å². The molecule has 1 fully saturated rings. The molecule has 0 heterocycles. The minimum atomic E-state index is -0.106. The quantitative estimate of drug-likeness (QED) is 0.804. The van der Waals surface area contributed by atoms with Gasteiger partial charge in [-0.3, -0.25) is 4.79 Å². The van der Waals surface area contributed by atoms with Gasteiger partial charge in [0.15, 0.2) is 0 Å². The maximum atomic E-state index is 12.0. The Morgan fingerprint density at radius 3 is 2.65 bits per heavy atom. The molecule has 0 saturated heterocycles. The third-order valence-corrected chi connectivity index (χ3v) is 3.42. The number of rotatable bonds is 5. The van der Waals surface area contributed by atoms with Gasteiger partial charge in [0.1, 0.15) is 0 Å². The molecule has 1 amide bonds. The van der Waals surface area contributed by atoms with Crippen LogP contribution in [0.4, 0.5) is 0 Å². The van der Waals surface area contributed by atoms with Gasteiger partial charge in [0.2, 0.25) is 5.91 Å². The molecule has 3 nitrogen and oxygen atoms in total. The van der Waals surface area contributed by atoms with E-state index >= 15 is 0 Å². The lowest BCUT2D eigenvalue weighted by atomic mass is 9.98. The molecule has 2 rings (SSSR count). The minimum absolute atomic E-state index is 0.103. The van der Waals surface area contributed by atoms with E-state index in [0.29, 0.717) is 18.5 Å². The Morgan fingerprint density at radius 1 is 1.47 bits per heavy atom. The molecule has 3 N–H and O–H groups in total. The Balaban J connectivity index is 1.89. The zero-order valence-electron chi connectivity index (χ0n) is 10.2. The van der Waals surface area contributed by atoms with Crippen molar-refractivity contribution in [1.29, 1.82) is 0 Å². The fraction of sp³-hybridized carbons (Fsp3) is 0.500. The number of nitrogens with one attached hydrogen (secondary N) is 1. The molecule has 1 saturated carbocycles. The van der Waals surface area contributed by atoms with Crippen molar-refractivity contribution in [2.45, 2.75) is 25.8 Å². The highest BCUT2D eigenvalue weighted by molar-refractivity contribution is 5.79. The predicted octanol–water partition coefficient (Wildman–Crippen LogP) is 1.33. The number of amides is 1. The summed E-state index contributed by atoms with van der Waals surface area (Å²) in [6, 6.07) is 10.4. The molecule has 0 bridgehead atoms. The molecular formula is C14H20N2O. The van der Waals surface area contributed by atoms with E-state index in [9.17, 15) is 4.79 Å². The summed E-state index contributed by atoms with van der Waals surface area (Å²) in [5, 5.41) is 3.06. The van der Waals surface area contributed by atoms with Crippen LogP contribution in [0.25, 0.3) is 0 Å².